The van der Waals surface area contributed by atoms with Crippen LogP contribution in [-0.4, -0.2) is 42.9 Å². The summed E-state index contributed by atoms with van der Waals surface area (Å²) in [6.07, 6.45) is 3.45. The Hall–Kier alpha value is 0.346. The zero-order valence-electron chi connectivity index (χ0n) is 21.7. The molecule has 0 aromatic carbocycles. The summed E-state index contributed by atoms with van der Waals surface area (Å²) in [6, 6.07) is 1.02. The van der Waals surface area contributed by atoms with E-state index in [0.717, 1.165) is 32.4 Å². The maximum absolute atomic E-state index is 4.80. The molecule has 0 rings (SSSR count). The molecule has 0 aliphatic heterocycles. The topological polar surface area (TPSA) is 56.4 Å². The summed E-state index contributed by atoms with van der Waals surface area (Å²) in [5, 5.41) is 18.3. The summed E-state index contributed by atoms with van der Waals surface area (Å²) in [4.78, 5) is 0. The Balaban J connectivity index is -0.000000491. The van der Waals surface area contributed by atoms with Crippen molar-refractivity contribution in [2.45, 2.75) is 126 Å². The van der Waals surface area contributed by atoms with Gasteiger partial charge in [0.1, 0.15) is 0 Å². The number of rotatable bonds is 12. The fourth-order valence-corrected chi connectivity index (χ4v) is 2.23. The predicted molar refractivity (Wildman–Crippen MR) is 130 cm³/mol. The van der Waals surface area contributed by atoms with Crippen LogP contribution in [0.2, 0.25) is 0 Å². The maximum atomic E-state index is 4.80. The van der Waals surface area contributed by atoms with Gasteiger partial charge in [0.05, 0.1) is 0 Å². The van der Waals surface area contributed by atoms with Gasteiger partial charge in [0, 0.05) is 16.8 Å². The van der Waals surface area contributed by atoms with E-state index in [1.165, 1.54) is 0 Å². The Morgan fingerprint density at radius 2 is 0.931 bits per heavy atom. The third-order valence-corrected chi connectivity index (χ3v) is 4.03. The molecule has 2 atom stereocenters. The van der Waals surface area contributed by atoms with Crippen LogP contribution in [0.4, 0.5) is 0 Å². The molecule has 0 saturated carbocycles. The van der Waals surface area contributed by atoms with Crippen LogP contribution in [0.3, 0.4) is 0 Å². The molecular formula is C24H52CoN4-4. The molecule has 181 valence electrons. The van der Waals surface area contributed by atoms with Crippen molar-refractivity contribution in [3.05, 3.63) is 21.3 Å². The molecule has 0 aliphatic rings. The van der Waals surface area contributed by atoms with Crippen LogP contribution in [-0.2, 0) is 16.8 Å². The first-order chi connectivity index (χ1) is 12.7. The van der Waals surface area contributed by atoms with Gasteiger partial charge in [-0.05, 0) is 0 Å². The maximum Gasteiger partial charge on any atom is 0 e. The minimum absolute atomic E-state index is 0. The Morgan fingerprint density at radius 3 is 1.14 bits per heavy atom. The average Bonchev–Trinajstić information content (AvgIpc) is 2.52. The van der Waals surface area contributed by atoms with Gasteiger partial charge in [0.25, 0.3) is 0 Å². The fourth-order valence-electron chi connectivity index (χ4n) is 2.23. The van der Waals surface area contributed by atoms with E-state index in [-0.39, 0.29) is 27.9 Å². The zero-order chi connectivity index (χ0) is 22.4. The Morgan fingerprint density at radius 1 is 0.621 bits per heavy atom. The first-order valence-corrected chi connectivity index (χ1v) is 11.4. The van der Waals surface area contributed by atoms with Crippen LogP contribution in [0, 0.1) is 11.8 Å². The summed E-state index contributed by atoms with van der Waals surface area (Å²) >= 11 is 0. The molecule has 2 unspecified atom stereocenters. The second-order valence-corrected chi connectivity index (χ2v) is 10.7. The van der Waals surface area contributed by atoms with E-state index in [1.54, 1.807) is 0 Å². The van der Waals surface area contributed by atoms with Crippen molar-refractivity contribution in [2.24, 2.45) is 11.8 Å². The van der Waals surface area contributed by atoms with E-state index in [2.05, 4.69) is 93.7 Å². The van der Waals surface area contributed by atoms with Gasteiger partial charge in [-0.2, -0.15) is 0 Å². The van der Waals surface area contributed by atoms with Crippen molar-refractivity contribution in [3.8, 4) is 0 Å². The van der Waals surface area contributed by atoms with E-state index in [1.807, 2.05) is 0 Å². The Bertz CT molecular complexity index is 314. The quantitative estimate of drug-likeness (QED) is 0.284. The Labute approximate surface area is 195 Å². The van der Waals surface area contributed by atoms with E-state index in [9.17, 15) is 0 Å². The first-order valence-electron chi connectivity index (χ1n) is 11.4. The van der Waals surface area contributed by atoms with Crippen LogP contribution in [0.15, 0.2) is 0 Å². The van der Waals surface area contributed by atoms with Crippen molar-refractivity contribution in [2.75, 3.05) is 19.8 Å². The molecular weight excluding hydrogens is 403 g/mol. The third kappa shape index (κ3) is 28.3. The minimum Gasteiger partial charge on any atom is -0.676 e. The van der Waals surface area contributed by atoms with Crippen LogP contribution >= 0.6 is 0 Å². The van der Waals surface area contributed by atoms with Crippen LogP contribution in [0.25, 0.3) is 21.3 Å². The molecule has 0 heterocycles. The predicted octanol–water partition coefficient (Wildman–Crippen LogP) is 8.28. The number of hydrogen-bond donors (Lipinski definition) is 0. The summed E-state index contributed by atoms with van der Waals surface area (Å²) in [5.74, 6) is 1.36. The van der Waals surface area contributed by atoms with E-state index in [0.29, 0.717) is 30.6 Å². The monoisotopic (exact) mass is 455 g/mol. The average molecular weight is 456 g/mol. The van der Waals surface area contributed by atoms with Crippen LogP contribution in [0.1, 0.15) is 102 Å². The summed E-state index contributed by atoms with van der Waals surface area (Å²) < 4.78 is 0. The molecule has 0 fully saturated rings. The largest absolute Gasteiger partial charge is 0.676 e. The second kappa shape index (κ2) is 18.0. The van der Waals surface area contributed by atoms with E-state index < -0.39 is 0 Å². The molecule has 0 spiro atoms. The normalized spacial score (nSPS) is 14.3. The van der Waals surface area contributed by atoms with Crippen LogP contribution in [0.5, 0.6) is 0 Å². The van der Waals surface area contributed by atoms with Crippen LogP contribution < -0.4 is 0 Å². The Kier molecular flexibility index (Phi) is 21.0. The van der Waals surface area contributed by atoms with Crippen molar-refractivity contribution in [3.63, 3.8) is 0 Å². The van der Waals surface area contributed by atoms with Gasteiger partial charge < -0.3 is 21.3 Å². The molecule has 0 N–H and O–H groups in total. The molecule has 0 aliphatic carbocycles. The van der Waals surface area contributed by atoms with Gasteiger partial charge in [0.2, 0.25) is 0 Å². The fraction of sp³-hybridized carbons (Fsp3) is 1.00. The molecule has 29 heavy (non-hydrogen) atoms. The zero-order valence-corrected chi connectivity index (χ0v) is 22.7. The SMILES string of the molecule is CC(C)(C)[N-]C[N-]C(C)(C)C.CCC(CC(CC)[N-]CC(C)C)[N-]CC(C)C.[Co]. The molecule has 0 aromatic rings. The standard InChI is InChI=1S/C15H32N2.C9H20N2.Co/c1-7-14(16-10-12(3)4)9-15(8-2)17-11-13(5)6;1-8(2,3)10-7-11-9(4,5)6;/h12-15H,7-11H2,1-6H3;7H2,1-6H3;/q2*-2;. The molecule has 1 radical (unpaired) electrons. The molecule has 4 nitrogen and oxygen atoms in total. The van der Waals surface area contributed by atoms with E-state index >= 15 is 0 Å². The van der Waals surface area contributed by atoms with Gasteiger partial charge in [-0.3, -0.25) is 6.67 Å². The van der Waals surface area contributed by atoms with Gasteiger partial charge in [0.15, 0.2) is 0 Å². The molecule has 0 saturated heterocycles. The van der Waals surface area contributed by atoms with Crippen molar-refractivity contribution < 1.29 is 16.8 Å². The molecule has 0 aromatic heterocycles. The van der Waals surface area contributed by atoms with E-state index in [4.69, 9.17) is 10.6 Å². The van der Waals surface area contributed by atoms with Gasteiger partial charge in [-0.15, -0.1) is 36.3 Å². The van der Waals surface area contributed by atoms with Gasteiger partial charge in [-0.1, -0.05) is 114 Å². The summed E-state index contributed by atoms with van der Waals surface area (Å²) in [5.41, 5.74) is 0.101. The van der Waals surface area contributed by atoms with Crippen molar-refractivity contribution >= 4 is 0 Å². The third-order valence-electron chi connectivity index (χ3n) is 4.03. The minimum atomic E-state index is 0. The number of nitrogens with zero attached hydrogens (tertiary/aromatic N) is 4. The van der Waals surface area contributed by atoms with Gasteiger partial charge >= 0.3 is 0 Å². The smallest absolute Gasteiger partial charge is 0 e. The summed E-state index contributed by atoms with van der Waals surface area (Å²) in [6.45, 7) is 28.6. The first kappa shape index (κ1) is 34.0. The second-order valence-electron chi connectivity index (χ2n) is 10.7. The summed E-state index contributed by atoms with van der Waals surface area (Å²) in [7, 11) is 0. The molecule has 5 heteroatoms. The van der Waals surface area contributed by atoms with Crippen molar-refractivity contribution in [1.82, 2.24) is 0 Å². The number of hydrogen-bond acceptors (Lipinski definition) is 0. The van der Waals surface area contributed by atoms with Gasteiger partial charge in [-0.25, -0.2) is 0 Å². The molecule has 0 bridgehead atoms. The van der Waals surface area contributed by atoms with Crippen molar-refractivity contribution in [1.29, 1.82) is 0 Å². The molecule has 0 amide bonds.